The number of benzene rings is 1. The van der Waals surface area contributed by atoms with Crippen LogP contribution in [0, 0.1) is 17.2 Å². The van der Waals surface area contributed by atoms with Crippen molar-refractivity contribution < 1.29 is 14.4 Å². The molecule has 1 aromatic rings. The third kappa shape index (κ3) is 3.15. The van der Waals surface area contributed by atoms with Crippen molar-refractivity contribution in [3.63, 3.8) is 0 Å². The summed E-state index contributed by atoms with van der Waals surface area (Å²) in [5, 5.41) is 12.1. The van der Waals surface area contributed by atoms with Crippen LogP contribution in [0.1, 0.15) is 52.8 Å². The van der Waals surface area contributed by atoms with Gasteiger partial charge in [-0.1, -0.05) is 18.6 Å². The van der Waals surface area contributed by atoms with E-state index in [-0.39, 0.29) is 17.8 Å². The van der Waals surface area contributed by atoms with Crippen molar-refractivity contribution in [3.8, 4) is 6.07 Å². The monoisotopic (exact) mass is 381 g/mol. The van der Waals surface area contributed by atoms with Gasteiger partial charge >= 0.3 is 0 Å². The average Bonchev–Trinajstić information content (AvgIpc) is 2.99. The molecule has 0 saturated carbocycles. The smallest absolute Gasteiger partial charge is 0.262 e. The summed E-state index contributed by atoms with van der Waals surface area (Å²) in [4.78, 5) is 39.5. The van der Waals surface area contributed by atoms with Crippen molar-refractivity contribution in [2.75, 3.05) is 6.54 Å². The molecule has 0 saturated heterocycles. The lowest BCUT2D eigenvalue weighted by Gasteiger charge is -2.20. The molecule has 0 fully saturated rings. The van der Waals surface area contributed by atoms with Crippen LogP contribution in [0.15, 0.2) is 34.7 Å². The Hall–Kier alpha value is -2.59. The lowest BCUT2D eigenvalue weighted by Crippen LogP contribution is -2.44. The highest BCUT2D eigenvalue weighted by atomic mass is 32.2. The highest BCUT2D eigenvalue weighted by molar-refractivity contribution is 8.04. The molecule has 138 valence electrons. The Morgan fingerprint density at radius 3 is 2.48 bits per heavy atom. The number of nitrogens with one attached hydrogen (secondary N) is 1. The van der Waals surface area contributed by atoms with Crippen molar-refractivity contribution in [1.82, 2.24) is 10.2 Å². The number of allylic oxidation sites excluding steroid dienone is 1. The summed E-state index contributed by atoms with van der Waals surface area (Å²) in [7, 11) is 0. The predicted molar refractivity (Wildman–Crippen MR) is 101 cm³/mol. The number of carbonyl (C=O) groups is 3. The minimum atomic E-state index is -0.449. The molecule has 2 aliphatic heterocycles. The average molecular weight is 381 g/mol. The molecule has 1 N–H and O–H groups in total. The fourth-order valence-corrected chi connectivity index (χ4v) is 5.44. The third-order valence-electron chi connectivity index (χ3n) is 5.28. The van der Waals surface area contributed by atoms with Crippen molar-refractivity contribution in [2.24, 2.45) is 5.92 Å². The molecule has 0 bridgehead atoms. The van der Waals surface area contributed by atoms with E-state index in [0.717, 1.165) is 36.2 Å². The van der Waals surface area contributed by atoms with E-state index in [1.807, 2.05) is 0 Å². The molecule has 7 heteroatoms. The number of imide groups is 1. The Morgan fingerprint density at radius 1 is 1.15 bits per heavy atom. The number of hydrogen-bond acceptors (Lipinski definition) is 5. The Morgan fingerprint density at radius 2 is 1.81 bits per heavy atom. The number of nitrogens with zero attached hydrogens (tertiary/aromatic N) is 2. The van der Waals surface area contributed by atoms with Gasteiger partial charge in [-0.2, -0.15) is 5.26 Å². The van der Waals surface area contributed by atoms with E-state index in [1.54, 1.807) is 36.0 Å². The molecule has 3 aliphatic rings. The molecule has 0 aromatic heterocycles. The fraction of sp³-hybridized carbons (Fsp3) is 0.400. The number of nitriles is 1. The van der Waals surface area contributed by atoms with E-state index in [0.29, 0.717) is 11.1 Å². The zero-order valence-corrected chi connectivity index (χ0v) is 15.6. The maximum Gasteiger partial charge on any atom is 0.262 e. The van der Waals surface area contributed by atoms with Crippen molar-refractivity contribution in [2.45, 2.75) is 37.5 Å². The van der Waals surface area contributed by atoms with Gasteiger partial charge in [-0.25, -0.2) is 0 Å². The summed E-state index contributed by atoms with van der Waals surface area (Å²) < 4.78 is 0. The molecule has 3 amide bonds. The zero-order valence-electron chi connectivity index (χ0n) is 14.7. The van der Waals surface area contributed by atoms with E-state index < -0.39 is 17.7 Å². The van der Waals surface area contributed by atoms with E-state index in [9.17, 15) is 19.6 Å². The summed E-state index contributed by atoms with van der Waals surface area (Å²) >= 11 is 1.55. The molecule has 4 rings (SSSR count). The third-order valence-corrected chi connectivity index (χ3v) is 6.67. The Bertz CT molecular complexity index is 867. The van der Waals surface area contributed by atoms with Gasteiger partial charge in [-0.15, -0.1) is 11.8 Å². The molecule has 0 radical (unpaired) electrons. The molecule has 1 aromatic carbocycles. The summed E-state index contributed by atoms with van der Waals surface area (Å²) in [5.41, 5.74) is 1.81. The van der Waals surface area contributed by atoms with Gasteiger partial charge in [0.2, 0.25) is 5.91 Å². The van der Waals surface area contributed by atoms with Crippen molar-refractivity contribution in [1.29, 1.82) is 5.26 Å². The molecular weight excluding hydrogens is 362 g/mol. The van der Waals surface area contributed by atoms with Crippen LogP contribution < -0.4 is 5.32 Å². The predicted octanol–water partition coefficient (Wildman–Crippen LogP) is 2.83. The number of hydrogen-bond donors (Lipinski definition) is 1. The van der Waals surface area contributed by atoms with Gasteiger partial charge < -0.3 is 5.32 Å². The largest absolute Gasteiger partial charge is 0.341 e. The van der Waals surface area contributed by atoms with Crippen LogP contribution in [0.25, 0.3) is 0 Å². The van der Waals surface area contributed by atoms with Crippen molar-refractivity contribution >= 4 is 29.5 Å². The first-order valence-electron chi connectivity index (χ1n) is 9.13. The lowest BCUT2D eigenvalue weighted by atomic mass is 9.96. The van der Waals surface area contributed by atoms with Crippen LogP contribution in [0.5, 0.6) is 0 Å². The summed E-state index contributed by atoms with van der Waals surface area (Å²) in [6.07, 6.45) is 5.23. The van der Waals surface area contributed by atoms with Gasteiger partial charge in [0.25, 0.3) is 11.8 Å². The van der Waals surface area contributed by atoms with E-state index in [4.69, 9.17) is 0 Å². The maximum absolute atomic E-state index is 12.5. The summed E-state index contributed by atoms with van der Waals surface area (Å²) in [6.45, 7) is -0.327. The summed E-state index contributed by atoms with van der Waals surface area (Å²) in [5.74, 6) is -1.65. The second-order valence-corrected chi connectivity index (χ2v) is 8.20. The van der Waals surface area contributed by atoms with Crippen LogP contribution in [0.4, 0.5) is 0 Å². The highest BCUT2D eigenvalue weighted by Crippen LogP contribution is 2.46. The normalized spacial score (nSPS) is 24.3. The second-order valence-electron chi connectivity index (χ2n) is 6.96. The van der Waals surface area contributed by atoms with E-state index >= 15 is 0 Å². The van der Waals surface area contributed by atoms with Crippen LogP contribution in [0.3, 0.4) is 0 Å². The van der Waals surface area contributed by atoms with Crippen LogP contribution in [0.2, 0.25) is 0 Å². The van der Waals surface area contributed by atoms with Gasteiger partial charge in [0, 0.05) is 0 Å². The van der Waals surface area contributed by atoms with Gasteiger partial charge in [-0.3, -0.25) is 19.3 Å². The van der Waals surface area contributed by atoms with Crippen LogP contribution in [-0.4, -0.2) is 34.5 Å². The fourth-order valence-electron chi connectivity index (χ4n) is 3.93. The minimum absolute atomic E-state index is 0.327. The first kappa shape index (κ1) is 17.8. The molecule has 27 heavy (non-hydrogen) atoms. The molecule has 2 heterocycles. The van der Waals surface area contributed by atoms with Gasteiger partial charge in [0.1, 0.15) is 6.54 Å². The van der Waals surface area contributed by atoms with Crippen LogP contribution in [-0.2, 0) is 4.79 Å². The van der Waals surface area contributed by atoms with Crippen molar-refractivity contribution in [3.05, 3.63) is 45.9 Å². The first-order chi connectivity index (χ1) is 13.1. The zero-order chi connectivity index (χ0) is 19.0. The summed E-state index contributed by atoms with van der Waals surface area (Å²) in [6, 6.07) is 8.90. The highest BCUT2D eigenvalue weighted by Gasteiger charge is 2.39. The number of amides is 3. The maximum atomic E-state index is 12.5. The Balaban J connectivity index is 1.43. The molecule has 2 atom stereocenters. The Labute approximate surface area is 161 Å². The van der Waals surface area contributed by atoms with Gasteiger partial charge in [0.05, 0.1) is 28.5 Å². The molecule has 0 spiro atoms. The molecular formula is C20H19N3O3S. The quantitative estimate of drug-likeness (QED) is 0.813. The van der Waals surface area contributed by atoms with Gasteiger partial charge in [-0.05, 0) is 48.3 Å². The SMILES string of the molecule is N#C[C@@H]1C2=C(CCCCC2)S[C@H]1NC(=O)CN1C(=O)c2ccccc2C1=O. The second kappa shape index (κ2) is 7.20. The Kier molecular flexibility index (Phi) is 4.75. The van der Waals surface area contributed by atoms with Crippen LogP contribution >= 0.6 is 11.8 Å². The van der Waals surface area contributed by atoms with E-state index in [1.165, 1.54) is 11.3 Å². The minimum Gasteiger partial charge on any atom is -0.341 e. The van der Waals surface area contributed by atoms with Gasteiger partial charge in [0.15, 0.2) is 0 Å². The molecule has 1 aliphatic carbocycles. The standard InChI is InChI=1S/C20H19N3O3S/c21-10-15-12-6-2-1-3-9-16(12)27-18(15)22-17(24)11-23-19(25)13-7-4-5-8-14(13)20(23)26/h4-5,7-8,15,18H,1-3,6,9,11H2,(H,22,24)/t15-,18-/m1/s1. The number of rotatable bonds is 3. The first-order valence-corrected chi connectivity index (χ1v) is 10.0. The topological polar surface area (TPSA) is 90.3 Å². The molecule has 6 nitrogen and oxygen atoms in total. The lowest BCUT2D eigenvalue weighted by molar-refractivity contribution is -0.121. The molecule has 0 unspecified atom stereocenters. The number of thioether (sulfide) groups is 1. The number of carbonyl (C=O) groups excluding carboxylic acids is 3. The van der Waals surface area contributed by atoms with E-state index in [2.05, 4.69) is 11.4 Å². The number of fused-ring (bicyclic) bond motifs is 1.